The lowest BCUT2D eigenvalue weighted by atomic mass is 10.1. The molecule has 0 radical (unpaired) electrons. The summed E-state index contributed by atoms with van der Waals surface area (Å²) in [6.07, 6.45) is 0. The van der Waals surface area contributed by atoms with Crippen LogP contribution in [0.2, 0.25) is 5.02 Å². The van der Waals surface area contributed by atoms with Crippen LogP contribution < -0.4 is 4.74 Å². The highest BCUT2D eigenvalue weighted by Gasteiger charge is 2.11. The SMILES string of the molecule is COC(=O)c1cccc(CSc2nnc(COc3ccc(Cl)cc3)n2C)c1. The molecule has 0 aliphatic rings. The van der Waals surface area contributed by atoms with Crippen LogP contribution >= 0.6 is 23.4 Å². The van der Waals surface area contributed by atoms with E-state index in [4.69, 9.17) is 21.1 Å². The number of benzene rings is 2. The molecule has 0 bridgehead atoms. The van der Waals surface area contributed by atoms with Gasteiger partial charge in [-0.15, -0.1) is 10.2 Å². The number of aromatic nitrogens is 3. The molecule has 1 heterocycles. The minimum atomic E-state index is -0.345. The van der Waals surface area contributed by atoms with Gasteiger partial charge in [-0.25, -0.2) is 4.79 Å². The summed E-state index contributed by atoms with van der Waals surface area (Å²) < 4.78 is 12.4. The first-order valence-corrected chi connectivity index (χ1v) is 9.50. The second-order valence-corrected chi connectivity index (χ2v) is 7.06. The molecule has 0 aliphatic carbocycles. The van der Waals surface area contributed by atoms with Crippen LogP contribution in [0.3, 0.4) is 0 Å². The van der Waals surface area contributed by atoms with E-state index < -0.39 is 0 Å². The Balaban J connectivity index is 1.60. The maximum absolute atomic E-state index is 11.6. The molecule has 6 nitrogen and oxygen atoms in total. The highest BCUT2D eigenvalue weighted by atomic mass is 35.5. The smallest absolute Gasteiger partial charge is 0.337 e. The van der Waals surface area contributed by atoms with Gasteiger partial charge < -0.3 is 14.0 Å². The molecule has 0 aliphatic heterocycles. The second-order valence-electron chi connectivity index (χ2n) is 5.68. The second kappa shape index (κ2) is 8.92. The maximum Gasteiger partial charge on any atom is 0.337 e. The van der Waals surface area contributed by atoms with Crippen molar-refractivity contribution in [1.29, 1.82) is 0 Å². The van der Waals surface area contributed by atoms with Gasteiger partial charge in [0.1, 0.15) is 12.4 Å². The van der Waals surface area contributed by atoms with Crippen molar-refractivity contribution in [3.8, 4) is 5.75 Å². The molecule has 8 heteroatoms. The van der Waals surface area contributed by atoms with Crippen molar-refractivity contribution >= 4 is 29.3 Å². The largest absolute Gasteiger partial charge is 0.486 e. The standard InChI is InChI=1S/C19H18ClN3O3S/c1-23-17(11-26-16-8-6-15(20)7-9-16)21-22-19(23)27-12-13-4-3-5-14(10-13)18(24)25-2/h3-10H,11-12H2,1-2H3. The Morgan fingerprint density at radius 2 is 1.96 bits per heavy atom. The molecule has 27 heavy (non-hydrogen) atoms. The highest BCUT2D eigenvalue weighted by Crippen LogP contribution is 2.23. The van der Waals surface area contributed by atoms with Crippen molar-refractivity contribution in [1.82, 2.24) is 14.8 Å². The zero-order valence-corrected chi connectivity index (χ0v) is 16.5. The third-order valence-corrected chi connectivity index (χ3v) is 5.17. The molecule has 1 aromatic heterocycles. The van der Waals surface area contributed by atoms with E-state index >= 15 is 0 Å². The first-order chi connectivity index (χ1) is 13.1. The number of rotatable bonds is 7. The van der Waals surface area contributed by atoms with Gasteiger partial charge in [-0.3, -0.25) is 0 Å². The van der Waals surface area contributed by atoms with Crippen LogP contribution in [-0.4, -0.2) is 27.8 Å². The van der Waals surface area contributed by atoms with Crippen molar-refractivity contribution in [3.05, 3.63) is 70.5 Å². The van der Waals surface area contributed by atoms with Crippen LogP contribution in [0.15, 0.2) is 53.7 Å². The van der Waals surface area contributed by atoms with E-state index in [1.807, 2.05) is 41.9 Å². The van der Waals surface area contributed by atoms with Gasteiger partial charge in [-0.2, -0.15) is 0 Å². The Morgan fingerprint density at radius 3 is 2.70 bits per heavy atom. The molecular weight excluding hydrogens is 386 g/mol. The van der Waals surface area contributed by atoms with E-state index in [-0.39, 0.29) is 5.97 Å². The van der Waals surface area contributed by atoms with Crippen molar-refractivity contribution in [2.45, 2.75) is 17.5 Å². The lowest BCUT2D eigenvalue weighted by Gasteiger charge is -2.07. The van der Waals surface area contributed by atoms with Gasteiger partial charge in [-0.1, -0.05) is 35.5 Å². The highest BCUT2D eigenvalue weighted by molar-refractivity contribution is 7.98. The number of hydrogen-bond donors (Lipinski definition) is 0. The molecule has 0 fully saturated rings. The average molecular weight is 404 g/mol. The quantitative estimate of drug-likeness (QED) is 0.436. The molecule has 140 valence electrons. The maximum atomic E-state index is 11.6. The van der Waals surface area contributed by atoms with Crippen LogP contribution in [0, 0.1) is 0 Å². The number of thioether (sulfide) groups is 1. The predicted molar refractivity (Wildman–Crippen MR) is 104 cm³/mol. The third-order valence-electron chi connectivity index (χ3n) is 3.82. The lowest BCUT2D eigenvalue weighted by molar-refractivity contribution is 0.0600. The third kappa shape index (κ3) is 5.02. The van der Waals surface area contributed by atoms with Crippen molar-refractivity contribution in [2.24, 2.45) is 7.05 Å². The summed E-state index contributed by atoms with van der Waals surface area (Å²) in [6, 6.07) is 14.5. The number of methoxy groups -OCH3 is 1. The Hall–Kier alpha value is -2.51. The van der Waals surface area contributed by atoms with E-state index in [9.17, 15) is 4.79 Å². The van der Waals surface area contributed by atoms with E-state index in [1.165, 1.54) is 18.9 Å². The first kappa shape index (κ1) is 19.3. The summed E-state index contributed by atoms with van der Waals surface area (Å²) in [6.45, 7) is 0.309. The molecule has 3 rings (SSSR count). The molecular formula is C19H18ClN3O3S. The van der Waals surface area contributed by atoms with Gasteiger partial charge >= 0.3 is 5.97 Å². The van der Waals surface area contributed by atoms with E-state index in [0.717, 1.165) is 22.3 Å². The van der Waals surface area contributed by atoms with E-state index in [0.29, 0.717) is 22.9 Å². The van der Waals surface area contributed by atoms with Crippen LogP contribution in [0.1, 0.15) is 21.7 Å². The summed E-state index contributed by atoms with van der Waals surface area (Å²) in [4.78, 5) is 11.6. The molecule has 0 atom stereocenters. The van der Waals surface area contributed by atoms with E-state index in [1.54, 1.807) is 18.2 Å². The van der Waals surface area contributed by atoms with Crippen LogP contribution in [0.25, 0.3) is 0 Å². The van der Waals surface area contributed by atoms with Crippen molar-refractivity contribution in [2.75, 3.05) is 7.11 Å². The fraction of sp³-hybridized carbons (Fsp3) is 0.211. The van der Waals surface area contributed by atoms with Gasteiger partial charge in [-0.05, 0) is 42.0 Å². The van der Waals surface area contributed by atoms with Crippen LogP contribution in [0.4, 0.5) is 0 Å². The number of carbonyl (C=O) groups is 1. The number of carbonyl (C=O) groups excluding carboxylic acids is 1. The summed E-state index contributed by atoms with van der Waals surface area (Å²) in [5.74, 6) is 1.75. The Labute approximate surface area is 166 Å². The van der Waals surface area contributed by atoms with Gasteiger partial charge in [0.15, 0.2) is 11.0 Å². The zero-order chi connectivity index (χ0) is 19.2. The van der Waals surface area contributed by atoms with Gasteiger partial charge in [0.2, 0.25) is 0 Å². The Morgan fingerprint density at radius 1 is 1.19 bits per heavy atom. The van der Waals surface area contributed by atoms with Crippen LogP contribution in [-0.2, 0) is 24.1 Å². The Kier molecular flexibility index (Phi) is 6.36. The molecule has 0 saturated carbocycles. The molecule has 0 unspecified atom stereocenters. The van der Waals surface area contributed by atoms with Crippen molar-refractivity contribution < 1.29 is 14.3 Å². The molecule has 0 amide bonds. The number of hydrogen-bond acceptors (Lipinski definition) is 6. The normalized spacial score (nSPS) is 10.6. The van der Waals surface area contributed by atoms with Gasteiger partial charge in [0.25, 0.3) is 0 Å². The lowest BCUT2D eigenvalue weighted by Crippen LogP contribution is -2.04. The molecule has 0 saturated heterocycles. The fourth-order valence-electron chi connectivity index (χ4n) is 2.33. The summed E-state index contributed by atoms with van der Waals surface area (Å²) in [5.41, 5.74) is 1.54. The summed E-state index contributed by atoms with van der Waals surface area (Å²) in [7, 11) is 3.27. The number of nitrogens with zero attached hydrogens (tertiary/aromatic N) is 3. The predicted octanol–water partition coefficient (Wildman–Crippen LogP) is 4.13. The topological polar surface area (TPSA) is 66.2 Å². The number of esters is 1. The van der Waals surface area contributed by atoms with E-state index in [2.05, 4.69) is 10.2 Å². The molecule has 0 spiro atoms. The minimum absolute atomic E-state index is 0.309. The number of ether oxygens (including phenoxy) is 2. The van der Waals surface area contributed by atoms with Gasteiger partial charge in [0, 0.05) is 17.8 Å². The molecule has 0 N–H and O–H groups in total. The monoisotopic (exact) mass is 403 g/mol. The minimum Gasteiger partial charge on any atom is -0.486 e. The summed E-state index contributed by atoms with van der Waals surface area (Å²) in [5, 5.41) is 9.84. The van der Waals surface area contributed by atoms with Crippen LogP contribution in [0.5, 0.6) is 5.75 Å². The average Bonchev–Trinajstić information content (AvgIpc) is 3.05. The Bertz CT molecular complexity index is 928. The van der Waals surface area contributed by atoms with Crippen molar-refractivity contribution in [3.63, 3.8) is 0 Å². The number of halogens is 1. The van der Waals surface area contributed by atoms with Gasteiger partial charge in [0.05, 0.1) is 12.7 Å². The molecule has 3 aromatic rings. The summed E-state index contributed by atoms with van der Waals surface area (Å²) >= 11 is 7.40. The molecule has 2 aromatic carbocycles. The zero-order valence-electron chi connectivity index (χ0n) is 14.9. The fourth-order valence-corrected chi connectivity index (χ4v) is 3.33. The first-order valence-electron chi connectivity index (χ1n) is 8.13.